The highest BCUT2D eigenvalue weighted by Gasteiger charge is 2.16. The van der Waals surface area contributed by atoms with Crippen molar-refractivity contribution in [2.45, 2.75) is 34.2 Å². The lowest BCUT2D eigenvalue weighted by Gasteiger charge is -2.24. The summed E-state index contributed by atoms with van der Waals surface area (Å²) in [6.07, 6.45) is 3.57. The molecule has 0 amide bonds. The van der Waals surface area contributed by atoms with Gasteiger partial charge in [-0.15, -0.1) is 0 Å². The molecule has 3 heteroatoms. The highest BCUT2D eigenvalue weighted by molar-refractivity contribution is 4.88. The molecule has 16 heavy (non-hydrogen) atoms. The van der Waals surface area contributed by atoms with Gasteiger partial charge in [-0.1, -0.05) is 27.7 Å². The Labute approximate surface area is 98.7 Å². The highest BCUT2D eigenvalue weighted by Crippen LogP contribution is 2.19. The molecule has 0 aliphatic rings. The summed E-state index contributed by atoms with van der Waals surface area (Å²) in [6, 6.07) is 1.84. The van der Waals surface area contributed by atoms with Crippen molar-refractivity contribution < 1.29 is 0 Å². The van der Waals surface area contributed by atoms with Crippen LogP contribution in [0.5, 0.6) is 0 Å². The van der Waals surface area contributed by atoms with Crippen LogP contribution in [0.1, 0.15) is 33.5 Å². The average molecular weight is 221 g/mol. The zero-order chi connectivity index (χ0) is 12.0. The highest BCUT2D eigenvalue weighted by atomic mass is 15.0. The Hall–Kier alpha value is -0.960. The molecule has 0 radical (unpaired) electrons. The standard InChI is InChI=1S/C13H23N3/c1-10(2)12(11(3)4)8-14-9-13-15-6-5-7-16-13/h5-7,10-12,14H,8-9H2,1-4H3. The third-order valence-electron chi connectivity index (χ3n) is 3.00. The number of hydrogen-bond acceptors (Lipinski definition) is 3. The molecular formula is C13H23N3. The van der Waals surface area contributed by atoms with Gasteiger partial charge in [-0.3, -0.25) is 0 Å². The zero-order valence-corrected chi connectivity index (χ0v) is 10.8. The Morgan fingerprint density at radius 1 is 1.06 bits per heavy atom. The van der Waals surface area contributed by atoms with E-state index in [-0.39, 0.29) is 0 Å². The van der Waals surface area contributed by atoms with Crippen LogP contribution in [0.3, 0.4) is 0 Å². The SMILES string of the molecule is CC(C)C(CNCc1ncccn1)C(C)C. The molecule has 3 nitrogen and oxygen atoms in total. The average Bonchev–Trinajstić information content (AvgIpc) is 2.24. The van der Waals surface area contributed by atoms with Crippen molar-refractivity contribution in [2.75, 3.05) is 6.54 Å². The Balaban J connectivity index is 2.34. The molecule has 1 rings (SSSR count). The first-order chi connectivity index (χ1) is 7.61. The minimum Gasteiger partial charge on any atom is -0.310 e. The summed E-state index contributed by atoms with van der Waals surface area (Å²) in [7, 11) is 0. The van der Waals surface area contributed by atoms with E-state index in [1.165, 1.54) is 0 Å². The van der Waals surface area contributed by atoms with Crippen molar-refractivity contribution in [3.05, 3.63) is 24.3 Å². The van der Waals surface area contributed by atoms with Crippen molar-refractivity contribution in [3.63, 3.8) is 0 Å². The van der Waals surface area contributed by atoms with Crippen LogP contribution in [0.2, 0.25) is 0 Å². The van der Waals surface area contributed by atoms with Crippen LogP contribution in [0.25, 0.3) is 0 Å². The van der Waals surface area contributed by atoms with Gasteiger partial charge in [-0.25, -0.2) is 9.97 Å². The van der Waals surface area contributed by atoms with Crippen LogP contribution in [-0.4, -0.2) is 16.5 Å². The number of nitrogens with one attached hydrogen (secondary N) is 1. The maximum absolute atomic E-state index is 4.19. The Bertz CT molecular complexity index is 274. The molecule has 0 spiro atoms. The monoisotopic (exact) mass is 221 g/mol. The smallest absolute Gasteiger partial charge is 0.141 e. The third-order valence-corrected chi connectivity index (χ3v) is 3.00. The summed E-state index contributed by atoms with van der Waals surface area (Å²) >= 11 is 0. The van der Waals surface area contributed by atoms with Gasteiger partial charge >= 0.3 is 0 Å². The van der Waals surface area contributed by atoms with Crippen molar-refractivity contribution in [3.8, 4) is 0 Å². The predicted molar refractivity (Wildman–Crippen MR) is 66.9 cm³/mol. The second-order valence-corrected chi connectivity index (χ2v) is 4.95. The lowest BCUT2D eigenvalue weighted by molar-refractivity contribution is 0.275. The van der Waals surface area contributed by atoms with Gasteiger partial charge in [-0.05, 0) is 30.4 Å². The van der Waals surface area contributed by atoms with Crippen LogP contribution in [-0.2, 0) is 6.54 Å². The fourth-order valence-electron chi connectivity index (χ4n) is 2.01. The molecule has 0 saturated carbocycles. The van der Waals surface area contributed by atoms with Crippen molar-refractivity contribution in [2.24, 2.45) is 17.8 Å². The lowest BCUT2D eigenvalue weighted by atomic mass is 9.85. The van der Waals surface area contributed by atoms with Gasteiger partial charge < -0.3 is 5.32 Å². The lowest BCUT2D eigenvalue weighted by Crippen LogP contribution is -2.29. The number of rotatable bonds is 6. The Kier molecular flexibility index (Phi) is 5.39. The second kappa shape index (κ2) is 6.59. The van der Waals surface area contributed by atoms with Gasteiger partial charge in [0.15, 0.2) is 0 Å². The van der Waals surface area contributed by atoms with Gasteiger partial charge in [0.25, 0.3) is 0 Å². The van der Waals surface area contributed by atoms with E-state index in [1.807, 2.05) is 6.07 Å². The van der Waals surface area contributed by atoms with Crippen molar-refractivity contribution >= 4 is 0 Å². The van der Waals surface area contributed by atoms with Gasteiger partial charge in [0.05, 0.1) is 6.54 Å². The van der Waals surface area contributed by atoms with E-state index < -0.39 is 0 Å². The van der Waals surface area contributed by atoms with Crippen LogP contribution in [0.4, 0.5) is 0 Å². The minimum absolute atomic E-state index is 0.712. The van der Waals surface area contributed by atoms with Crippen LogP contribution in [0.15, 0.2) is 18.5 Å². The fourth-order valence-corrected chi connectivity index (χ4v) is 2.01. The number of hydrogen-bond donors (Lipinski definition) is 1. The van der Waals surface area contributed by atoms with Gasteiger partial charge in [0.2, 0.25) is 0 Å². The molecule has 0 aromatic carbocycles. The summed E-state index contributed by atoms with van der Waals surface area (Å²) < 4.78 is 0. The van der Waals surface area contributed by atoms with E-state index in [2.05, 4.69) is 43.0 Å². The third kappa shape index (κ3) is 4.27. The van der Waals surface area contributed by atoms with E-state index in [4.69, 9.17) is 0 Å². The first kappa shape index (κ1) is 13.1. The molecule has 1 N–H and O–H groups in total. The van der Waals surface area contributed by atoms with E-state index >= 15 is 0 Å². The van der Waals surface area contributed by atoms with Gasteiger partial charge in [0.1, 0.15) is 5.82 Å². The molecular weight excluding hydrogens is 198 g/mol. The summed E-state index contributed by atoms with van der Waals surface area (Å²) in [5.74, 6) is 3.01. The molecule has 0 fully saturated rings. The Morgan fingerprint density at radius 3 is 2.12 bits per heavy atom. The van der Waals surface area contributed by atoms with E-state index in [0.717, 1.165) is 18.9 Å². The van der Waals surface area contributed by atoms with Crippen molar-refractivity contribution in [1.82, 2.24) is 15.3 Å². The molecule has 0 unspecified atom stereocenters. The van der Waals surface area contributed by atoms with E-state index in [0.29, 0.717) is 17.8 Å². The molecule has 90 valence electrons. The molecule has 0 saturated heterocycles. The second-order valence-electron chi connectivity index (χ2n) is 4.95. The molecule has 1 heterocycles. The largest absolute Gasteiger partial charge is 0.310 e. The molecule has 0 aliphatic carbocycles. The van der Waals surface area contributed by atoms with Gasteiger partial charge in [-0.2, -0.15) is 0 Å². The minimum atomic E-state index is 0.712. The summed E-state index contributed by atoms with van der Waals surface area (Å²) in [5, 5.41) is 3.44. The molecule has 1 aromatic heterocycles. The maximum Gasteiger partial charge on any atom is 0.141 e. The van der Waals surface area contributed by atoms with Crippen molar-refractivity contribution in [1.29, 1.82) is 0 Å². The normalized spacial score (nSPS) is 11.7. The fraction of sp³-hybridized carbons (Fsp3) is 0.692. The summed E-state index contributed by atoms with van der Waals surface area (Å²) in [5.41, 5.74) is 0. The predicted octanol–water partition coefficient (Wildman–Crippen LogP) is 2.49. The quantitative estimate of drug-likeness (QED) is 0.802. The molecule has 0 aliphatic heterocycles. The summed E-state index contributed by atoms with van der Waals surface area (Å²) in [4.78, 5) is 8.38. The number of aromatic nitrogens is 2. The van der Waals surface area contributed by atoms with Crippen LogP contribution < -0.4 is 5.32 Å². The molecule has 0 atom stereocenters. The topological polar surface area (TPSA) is 37.8 Å². The van der Waals surface area contributed by atoms with Crippen LogP contribution in [0, 0.1) is 17.8 Å². The first-order valence-electron chi connectivity index (χ1n) is 6.08. The summed E-state index contributed by atoms with van der Waals surface area (Å²) in [6.45, 7) is 10.9. The van der Waals surface area contributed by atoms with E-state index in [1.54, 1.807) is 12.4 Å². The molecule has 0 bridgehead atoms. The Morgan fingerprint density at radius 2 is 1.62 bits per heavy atom. The van der Waals surface area contributed by atoms with Gasteiger partial charge in [0, 0.05) is 12.4 Å². The van der Waals surface area contributed by atoms with Crippen LogP contribution >= 0.6 is 0 Å². The zero-order valence-electron chi connectivity index (χ0n) is 10.8. The first-order valence-corrected chi connectivity index (χ1v) is 6.08. The maximum atomic E-state index is 4.19. The molecule has 1 aromatic rings. The number of nitrogens with zero attached hydrogens (tertiary/aromatic N) is 2. The van der Waals surface area contributed by atoms with E-state index in [9.17, 15) is 0 Å².